The van der Waals surface area contributed by atoms with Gasteiger partial charge in [-0.05, 0) is 85.8 Å². The van der Waals surface area contributed by atoms with Gasteiger partial charge >= 0.3 is 11.9 Å². The summed E-state index contributed by atoms with van der Waals surface area (Å²) in [6, 6.07) is 8.26. The molecule has 80 heavy (non-hydrogen) atoms. The maximum absolute atomic E-state index is 15.4. The number of carbonyl (C=O) groups excluding carboxylic acids is 1. The molecule has 2 aromatic heterocycles. The number of aromatic amines is 1. The number of aromatic hydroxyl groups is 3. The molecule has 24 nitrogen and oxygen atoms in total. The summed E-state index contributed by atoms with van der Waals surface area (Å²) in [6.07, 6.45) is -7.36. The number of hydrogen-bond acceptors (Lipinski definition) is 22. The van der Waals surface area contributed by atoms with Gasteiger partial charge < -0.3 is 100 Å². The Balaban J connectivity index is 1.18. The number of aromatic nitrogens is 1. The smallest absolute Gasteiger partial charge is 0.354 e. The van der Waals surface area contributed by atoms with E-state index in [9.17, 15) is 76.0 Å². The molecule has 4 bridgehead atoms. The Kier molecular flexibility index (Phi) is 13.8. The third kappa shape index (κ3) is 8.32. The van der Waals surface area contributed by atoms with Crippen LogP contribution in [0.4, 0.5) is 0 Å². The molecule has 0 radical (unpaired) electrons. The van der Waals surface area contributed by atoms with E-state index in [1.165, 1.54) is 12.1 Å². The summed E-state index contributed by atoms with van der Waals surface area (Å²) < 4.78 is 31.7. The van der Waals surface area contributed by atoms with Crippen LogP contribution in [-0.4, -0.2) is 168 Å². The van der Waals surface area contributed by atoms with E-state index < -0.39 is 138 Å². The van der Waals surface area contributed by atoms with Crippen LogP contribution < -0.4 is 20.8 Å². The number of H-pyrrole nitrogens is 1. The second kappa shape index (κ2) is 20.0. The van der Waals surface area contributed by atoms with Crippen molar-refractivity contribution in [2.45, 2.75) is 148 Å². The van der Waals surface area contributed by atoms with E-state index >= 15 is 4.79 Å². The lowest BCUT2D eigenvalue weighted by molar-refractivity contribution is -0.430. The number of carbonyl (C=O) groups is 2. The van der Waals surface area contributed by atoms with Crippen LogP contribution >= 0.6 is 0 Å². The number of allylic oxidation sites excluding steroid dienone is 4. The molecule has 13 atom stereocenters. The lowest BCUT2D eigenvalue weighted by Crippen LogP contribution is -2.79. The number of ether oxygens (including phenoxy) is 4. The number of carboxylic acids is 1. The van der Waals surface area contributed by atoms with E-state index in [1.807, 2.05) is 18.9 Å². The number of phenolic OH excluding ortho intramolecular Hbond substituents is 3. The van der Waals surface area contributed by atoms with Gasteiger partial charge in [-0.3, -0.25) is 10.1 Å². The number of esters is 1. The predicted octanol–water partition coefficient (Wildman–Crippen LogP) is -0.01000. The number of benzene rings is 2. The van der Waals surface area contributed by atoms with Crippen molar-refractivity contribution in [2.75, 3.05) is 13.2 Å². The number of nitrogens with one attached hydrogen (secondary N) is 3. The lowest BCUT2D eigenvalue weighted by Gasteiger charge is -2.55. The molecule has 11 rings (SSSR count). The second-order valence-corrected chi connectivity index (χ2v) is 21.6. The normalized spacial score (nSPS) is 34.2. The van der Waals surface area contributed by atoms with Crippen molar-refractivity contribution in [1.82, 2.24) is 15.6 Å². The monoisotopic (exact) mass is 1110 g/mol. The highest BCUT2D eigenvalue weighted by atomic mass is 16.8. The van der Waals surface area contributed by atoms with Crippen molar-refractivity contribution < 1.29 is 99.3 Å². The number of carboxylic acid groups (broad SMARTS) is 1. The highest BCUT2D eigenvalue weighted by Crippen LogP contribution is 2.56. The van der Waals surface area contributed by atoms with Crippen LogP contribution in [0, 0.1) is 17.8 Å². The average molecular weight is 1110 g/mol. The number of hydrogen-bond donors (Lipinski definition) is 16. The third-order valence-electron chi connectivity index (χ3n) is 16.9. The molecule has 0 amide bonds. The maximum atomic E-state index is 15.4. The van der Waals surface area contributed by atoms with Crippen LogP contribution in [0.5, 0.6) is 23.0 Å². The van der Waals surface area contributed by atoms with Crippen LogP contribution in [0.15, 0.2) is 86.4 Å². The van der Waals surface area contributed by atoms with Gasteiger partial charge in [0, 0.05) is 90.0 Å². The summed E-state index contributed by atoms with van der Waals surface area (Å²) in [5.74, 6) is -13.3. The number of dihydropyridines is 1. The first kappa shape index (κ1) is 55.1. The van der Waals surface area contributed by atoms with Crippen LogP contribution in [0.2, 0.25) is 0 Å². The molecule has 426 valence electrons. The quantitative estimate of drug-likeness (QED) is 0.0309. The van der Waals surface area contributed by atoms with Gasteiger partial charge in [0.15, 0.2) is 29.1 Å². The SMILES string of the molecule is CCC1=C(C2C=C(Cc3ccc[nH]3)C3(Oc4cc5oc(-c6cc(O)c(O)c(CCO)c6)cc(=O)c5c(O)c42)OC2(CC#CC4(C(=O)O)OC(CCCO)(OC2=O)C(O)C(O)C4(O)O)C(O)C(O)C3O)C=C2C3CCCC(C3)NC2N1. The van der Waals surface area contributed by atoms with E-state index in [2.05, 4.69) is 21.5 Å². The number of aliphatic carboxylic acids is 1. The van der Waals surface area contributed by atoms with Gasteiger partial charge in [-0.2, -0.15) is 0 Å². The highest BCUT2D eigenvalue weighted by molar-refractivity contribution is 5.90. The Morgan fingerprint density at radius 3 is 2.41 bits per heavy atom. The van der Waals surface area contributed by atoms with Crippen molar-refractivity contribution in [1.29, 1.82) is 0 Å². The lowest BCUT2D eigenvalue weighted by atomic mass is 9.73. The zero-order valence-electron chi connectivity index (χ0n) is 43.0. The van der Waals surface area contributed by atoms with Crippen molar-refractivity contribution in [2.24, 2.45) is 5.92 Å². The zero-order chi connectivity index (χ0) is 57.0. The molecular formula is C56H61N3O21. The molecule has 6 aliphatic heterocycles. The summed E-state index contributed by atoms with van der Waals surface area (Å²) in [4.78, 5) is 46.3. The first-order chi connectivity index (χ1) is 38.1. The molecule has 2 aromatic carbocycles. The molecule has 3 saturated heterocycles. The van der Waals surface area contributed by atoms with Crippen molar-refractivity contribution in [3.05, 3.63) is 104 Å². The van der Waals surface area contributed by atoms with Crippen LogP contribution in [-0.2, 0) is 36.6 Å². The van der Waals surface area contributed by atoms with E-state index in [1.54, 1.807) is 24.4 Å². The number of aliphatic hydroxyl groups excluding tert-OH is 7. The fraction of sp³-hybridized carbons (Fsp3) is 0.482. The minimum atomic E-state index is -3.96. The van der Waals surface area contributed by atoms with Crippen molar-refractivity contribution in [3.63, 3.8) is 0 Å². The summed E-state index contributed by atoms with van der Waals surface area (Å²) in [5.41, 5.74) is -5.49. The first-order valence-corrected chi connectivity index (χ1v) is 26.4. The third-order valence-corrected chi connectivity index (χ3v) is 16.9. The number of piperidine rings is 1. The number of rotatable bonds is 11. The molecule has 24 heteroatoms. The number of fused-ring (bicyclic) bond motifs is 8. The molecule has 1 aliphatic carbocycles. The standard InChI is InChI=1S/C56H61N3O21/c1-2-34-32(22-31-25-7-3-8-30(18-25)58-49(31)59-34)33-21-28(20-29-9-4-14-57-29)55(77-39-24-38-41(43(65)40(33)39)35(62)23-37(76-38)27-17-26(10-16-61)42(64)36(63)19-27)46(68)44(66)45(67)52(79-55)11-5-12-53(50(71)72)56(74,75)48(70)47(69)54(80-53,13-6-15-60)78-51(52)73/h4,9,14,17,19,21-25,30,33,44-49,57-61,63-70,74-75H,2-3,6-8,10-11,13,15-16,18,20H2,1H3,(H,71,72). The Morgan fingerprint density at radius 1 is 0.912 bits per heavy atom. The summed E-state index contributed by atoms with van der Waals surface area (Å²) in [5, 5.41) is 154. The predicted molar refractivity (Wildman–Crippen MR) is 274 cm³/mol. The summed E-state index contributed by atoms with van der Waals surface area (Å²) in [7, 11) is 0. The molecule has 16 N–H and O–H groups in total. The molecule has 2 spiro atoms. The molecule has 4 aromatic rings. The van der Waals surface area contributed by atoms with Gasteiger partial charge in [0.2, 0.25) is 17.2 Å². The number of phenols is 3. The fourth-order valence-electron chi connectivity index (χ4n) is 12.8. The Morgan fingerprint density at radius 2 is 1.70 bits per heavy atom. The zero-order valence-corrected chi connectivity index (χ0v) is 43.0. The van der Waals surface area contributed by atoms with Gasteiger partial charge in [-0.25, -0.2) is 9.59 Å². The maximum Gasteiger partial charge on any atom is 0.354 e. The minimum Gasteiger partial charge on any atom is -0.507 e. The molecule has 7 aliphatic rings. The average Bonchev–Trinajstić information content (AvgIpc) is 4.11. The molecule has 13 unspecified atom stereocenters. The highest BCUT2D eigenvalue weighted by Gasteiger charge is 2.75. The van der Waals surface area contributed by atoms with Gasteiger partial charge in [0.1, 0.15) is 46.5 Å². The molecule has 4 fully saturated rings. The second-order valence-electron chi connectivity index (χ2n) is 21.6. The Labute approximate surface area is 454 Å². The van der Waals surface area contributed by atoms with Crippen molar-refractivity contribution in [3.8, 4) is 46.2 Å². The molecule has 8 heterocycles. The molecular weight excluding hydrogens is 1050 g/mol. The van der Waals surface area contributed by atoms with E-state index in [-0.39, 0.29) is 70.0 Å². The van der Waals surface area contributed by atoms with Gasteiger partial charge in [0.05, 0.1) is 12.6 Å². The van der Waals surface area contributed by atoms with Gasteiger partial charge in [-0.15, -0.1) is 0 Å². The minimum absolute atomic E-state index is 0.0534. The topological polar surface area (TPSA) is 404 Å². The Hall–Kier alpha value is -6.83. The summed E-state index contributed by atoms with van der Waals surface area (Å²) >= 11 is 0. The van der Waals surface area contributed by atoms with Crippen LogP contribution in [0.25, 0.3) is 22.3 Å². The fourth-order valence-corrected chi connectivity index (χ4v) is 12.8. The molecule has 1 saturated carbocycles. The first-order valence-electron chi connectivity index (χ1n) is 26.4. The van der Waals surface area contributed by atoms with E-state index in [4.69, 9.17) is 23.4 Å². The Bertz CT molecular complexity index is 3400. The van der Waals surface area contributed by atoms with Crippen molar-refractivity contribution >= 4 is 22.9 Å². The van der Waals surface area contributed by atoms with E-state index in [0.717, 1.165) is 43.4 Å². The van der Waals surface area contributed by atoms with E-state index in [0.29, 0.717) is 23.4 Å². The van der Waals surface area contributed by atoms with Crippen LogP contribution in [0.1, 0.15) is 81.0 Å². The number of aliphatic hydroxyl groups is 9. The summed E-state index contributed by atoms with van der Waals surface area (Å²) in [6.45, 7) is 0.746. The largest absolute Gasteiger partial charge is 0.507 e. The van der Waals surface area contributed by atoms with Gasteiger partial charge in [-0.1, -0.05) is 31.4 Å². The van der Waals surface area contributed by atoms with Crippen LogP contribution in [0.3, 0.4) is 0 Å². The van der Waals surface area contributed by atoms with Gasteiger partial charge in [0.25, 0.3) is 11.4 Å².